The minimum absolute atomic E-state index is 0.248. The molecule has 25 heavy (non-hydrogen) atoms. The van der Waals surface area contributed by atoms with Crippen molar-refractivity contribution in [2.24, 2.45) is 0 Å². The van der Waals surface area contributed by atoms with E-state index < -0.39 is 49.9 Å². The summed E-state index contributed by atoms with van der Waals surface area (Å²) in [4.78, 5) is 1.66. The first-order valence-corrected chi connectivity index (χ1v) is 9.98. The van der Waals surface area contributed by atoms with Gasteiger partial charge in [-0.1, -0.05) is 0 Å². The summed E-state index contributed by atoms with van der Waals surface area (Å²) >= 11 is 0. The molecular formula is C12H13F10NOSi. The average Bonchev–Trinajstić information content (AvgIpc) is 2.81. The van der Waals surface area contributed by atoms with Gasteiger partial charge in [0.25, 0.3) is 0 Å². The molecule has 0 aliphatic heterocycles. The molecule has 1 rings (SSSR count). The molecule has 0 spiro atoms. The van der Waals surface area contributed by atoms with E-state index in [1.54, 1.807) is 4.98 Å². The third-order valence-corrected chi connectivity index (χ3v) is 3.86. The van der Waals surface area contributed by atoms with Crippen molar-refractivity contribution in [3.05, 3.63) is 23.5 Å². The largest absolute Gasteiger partial charge is 0.459 e. The van der Waals surface area contributed by atoms with Crippen molar-refractivity contribution < 1.29 is 48.3 Å². The van der Waals surface area contributed by atoms with Crippen molar-refractivity contribution in [2.45, 2.75) is 49.9 Å². The maximum absolute atomic E-state index is 14.1. The van der Waals surface area contributed by atoms with Crippen molar-refractivity contribution in [1.82, 2.24) is 4.98 Å². The number of hydrogen-bond donors (Lipinski definition) is 1. The van der Waals surface area contributed by atoms with E-state index in [-0.39, 0.29) is 6.07 Å². The molecule has 1 atom stereocenters. The van der Waals surface area contributed by atoms with Gasteiger partial charge in [-0.3, -0.25) is 0 Å². The second-order valence-corrected chi connectivity index (χ2v) is 10.6. The summed E-state index contributed by atoms with van der Waals surface area (Å²) in [6.45, 7) is 3.45. The van der Waals surface area contributed by atoms with Gasteiger partial charge in [0.1, 0.15) is 0 Å². The highest BCUT2D eigenvalue weighted by Gasteiger charge is 2.76. The lowest BCUT2D eigenvalue weighted by Gasteiger charge is -2.37. The van der Waals surface area contributed by atoms with Gasteiger partial charge in [-0.05, 0) is 25.7 Å². The fraction of sp³-hybridized carbons (Fsp3) is 0.667. The Morgan fingerprint density at radius 1 is 0.920 bits per heavy atom. The van der Waals surface area contributed by atoms with Crippen LogP contribution in [0.1, 0.15) is 17.4 Å². The Labute approximate surface area is 136 Å². The van der Waals surface area contributed by atoms with Gasteiger partial charge in [-0.15, -0.1) is 0 Å². The first-order chi connectivity index (χ1) is 10.8. The molecule has 1 heterocycles. The van der Waals surface area contributed by atoms with Crippen molar-refractivity contribution >= 4 is 8.32 Å². The number of H-pyrrole nitrogens is 1. The van der Waals surface area contributed by atoms with Crippen molar-refractivity contribution in [3.8, 4) is 0 Å². The second kappa shape index (κ2) is 6.18. The maximum atomic E-state index is 14.1. The zero-order valence-electron chi connectivity index (χ0n) is 12.9. The van der Waals surface area contributed by atoms with E-state index in [2.05, 4.69) is 4.43 Å². The quantitative estimate of drug-likeness (QED) is 0.489. The molecule has 1 aromatic heterocycles. The fourth-order valence-electron chi connectivity index (χ4n) is 1.87. The molecule has 0 aliphatic rings. The minimum atomic E-state index is -6.69. The van der Waals surface area contributed by atoms with E-state index in [0.717, 1.165) is 19.6 Å². The van der Waals surface area contributed by atoms with Crippen molar-refractivity contribution in [1.29, 1.82) is 0 Å². The Bertz CT molecular complexity index is 598. The van der Waals surface area contributed by atoms with Crippen LogP contribution in [0.3, 0.4) is 0 Å². The van der Waals surface area contributed by atoms with Gasteiger partial charge in [-0.2, -0.15) is 43.9 Å². The SMILES string of the molecule is C[Si](C)(C)OC(c1[nH]ccc1C(F)(F)F)C(F)(F)C(F)(F)C(F)(F)F. The monoisotopic (exact) mass is 405 g/mol. The summed E-state index contributed by atoms with van der Waals surface area (Å²) in [7, 11) is -3.27. The van der Waals surface area contributed by atoms with Gasteiger partial charge in [0.05, 0.1) is 11.3 Å². The van der Waals surface area contributed by atoms with Crippen LogP contribution < -0.4 is 0 Å². The Balaban J connectivity index is 3.59. The van der Waals surface area contributed by atoms with Crippen LogP contribution in [-0.4, -0.2) is 31.3 Å². The molecule has 0 amide bonds. The number of alkyl halides is 10. The van der Waals surface area contributed by atoms with E-state index in [1.807, 2.05) is 0 Å². The highest BCUT2D eigenvalue weighted by atomic mass is 28.4. The topological polar surface area (TPSA) is 25.0 Å². The van der Waals surface area contributed by atoms with Crippen molar-refractivity contribution in [3.63, 3.8) is 0 Å². The summed E-state index contributed by atoms with van der Waals surface area (Å²) in [5, 5.41) is 0. The molecule has 1 aromatic rings. The van der Waals surface area contributed by atoms with E-state index >= 15 is 0 Å². The summed E-state index contributed by atoms with van der Waals surface area (Å²) in [6, 6.07) is 0.248. The van der Waals surface area contributed by atoms with E-state index in [1.165, 1.54) is 0 Å². The zero-order valence-corrected chi connectivity index (χ0v) is 13.9. The van der Waals surface area contributed by atoms with Crippen LogP contribution in [0.2, 0.25) is 19.6 Å². The number of nitrogens with one attached hydrogen (secondary N) is 1. The summed E-state index contributed by atoms with van der Waals surface area (Å²) in [5.41, 5.74) is -3.41. The summed E-state index contributed by atoms with van der Waals surface area (Å²) in [5.74, 6) is -12.6. The maximum Gasteiger partial charge on any atom is 0.459 e. The van der Waals surface area contributed by atoms with Crippen LogP contribution in [0.25, 0.3) is 0 Å². The van der Waals surface area contributed by atoms with Crippen LogP contribution in [-0.2, 0) is 10.6 Å². The Morgan fingerprint density at radius 3 is 1.76 bits per heavy atom. The molecule has 0 fully saturated rings. The zero-order chi connectivity index (χ0) is 20.1. The second-order valence-electron chi connectivity index (χ2n) is 6.11. The molecule has 0 aromatic carbocycles. The van der Waals surface area contributed by atoms with Crippen LogP contribution in [0.5, 0.6) is 0 Å². The molecule has 13 heteroatoms. The van der Waals surface area contributed by atoms with Crippen LogP contribution in [0.4, 0.5) is 43.9 Å². The number of hydrogen-bond acceptors (Lipinski definition) is 1. The highest BCUT2D eigenvalue weighted by Crippen LogP contribution is 2.54. The lowest BCUT2D eigenvalue weighted by atomic mass is 10.00. The average molecular weight is 405 g/mol. The van der Waals surface area contributed by atoms with E-state index in [0.29, 0.717) is 6.20 Å². The number of aromatic amines is 1. The number of halogens is 10. The molecule has 1 N–H and O–H groups in total. The normalized spacial score (nSPS) is 16.2. The Morgan fingerprint density at radius 2 is 1.40 bits per heavy atom. The number of rotatable bonds is 5. The summed E-state index contributed by atoms with van der Waals surface area (Å²) < 4.78 is 135. The molecule has 0 radical (unpaired) electrons. The Kier molecular flexibility index (Phi) is 5.39. The fourth-order valence-corrected chi connectivity index (χ4v) is 2.84. The predicted molar refractivity (Wildman–Crippen MR) is 68.9 cm³/mol. The van der Waals surface area contributed by atoms with Crippen LogP contribution >= 0.6 is 0 Å². The Hall–Kier alpha value is -1.24. The van der Waals surface area contributed by atoms with Crippen molar-refractivity contribution in [2.75, 3.05) is 0 Å². The van der Waals surface area contributed by atoms with E-state index in [9.17, 15) is 43.9 Å². The molecule has 146 valence electrons. The van der Waals surface area contributed by atoms with Gasteiger partial charge in [0.2, 0.25) is 0 Å². The number of aromatic nitrogens is 1. The van der Waals surface area contributed by atoms with Gasteiger partial charge in [0, 0.05) is 6.20 Å². The molecule has 0 saturated carbocycles. The summed E-state index contributed by atoms with van der Waals surface area (Å²) in [6.07, 6.45) is -14.9. The van der Waals surface area contributed by atoms with E-state index in [4.69, 9.17) is 0 Å². The van der Waals surface area contributed by atoms with Crippen LogP contribution in [0.15, 0.2) is 12.3 Å². The van der Waals surface area contributed by atoms with Gasteiger partial charge in [0.15, 0.2) is 14.4 Å². The molecule has 1 unspecified atom stereocenters. The lowest BCUT2D eigenvalue weighted by Crippen LogP contribution is -2.56. The molecule has 0 aliphatic carbocycles. The molecule has 0 saturated heterocycles. The highest BCUT2D eigenvalue weighted by molar-refractivity contribution is 6.69. The first kappa shape index (κ1) is 21.8. The predicted octanol–water partition coefficient (Wildman–Crippen LogP) is 5.76. The third kappa shape index (κ3) is 4.30. The van der Waals surface area contributed by atoms with Gasteiger partial charge in [-0.25, -0.2) is 0 Å². The smallest absolute Gasteiger partial charge is 0.404 e. The van der Waals surface area contributed by atoms with Crippen LogP contribution in [0, 0.1) is 0 Å². The van der Waals surface area contributed by atoms with Gasteiger partial charge >= 0.3 is 24.2 Å². The van der Waals surface area contributed by atoms with Gasteiger partial charge < -0.3 is 9.41 Å². The standard InChI is InChI=1S/C12H13F10NOSi/c1-25(2,3)24-8(7-6(4-5-23-7)10(15,16)17)9(13,14)11(18,19)12(20,21)22/h4-5,8,23H,1-3H3. The lowest BCUT2D eigenvalue weighted by molar-refractivity contribution is -0.371. The molecule has 2 nitrogen and oxygen atoms in total. The molecular weight excluding hydrogens is 392 g/mol. The first-order valence-electron chi connectivity index (χ1n) is 6.57. The third-order valence-electron chi connectivity index (χ3n) is 2.92. The molecule has 0 bridgehead atoms. The minimum Gasteiger partial charge on any atom is -0.404 e.